The molecule has 3 aromatic rings. The van der Waals surface area contributed by atoms with Gasteiger partial charge in [-0.05, 0) is 69.0 Å². The third-order valence-electron chi connectivity index (χ3n) is 6.06. The van der Waals surface area contributed by atoms with Crippen LogP contribution < -0.4 is 16.0 Å². The highest BCUT2D eigenvalue weighted by atomic mass is 16.4. The van der Waals surface area contributed by atoms with Gasteiger partial charge in [-0.25, -0.2) is 4.98 Å². The Hall–Kier alpha value is -3.45. The number of nitrogens with one attached hydrogen (secondary N) is 3. The Kier molecular flexibility index (Phi) is 7.52. The van der Waals surface area contributed by atoms with Gasteiger partial charge in [0.15, 0.2) is 0 Å². The van der Waals surface area contributed by atoms with E-state index >= 15 is 0 Å². The van der Waals surface area contributed by atoms with E-state index in [9.17, 15) is 9.59 Å². The van der Waals surface area contributed by atoms with Gasteiger partial charge >= 0.3 is 5.97 Å². The molecule has 33 heavy (non-hydrogen) atoms. The molecule has 4 rings (SSSR count). The number of aliphatic carboxylic acids is 1. The van der Waals surface area contributed by atoms with Gasteiger partial charge in [0.25, 0.3) is 5.91 Å². The molecule has 1 atom stereocenters. The lowest BCUT2D eigenvalue weighted by Gasteiger charge is -2.22. The molecule has 4 N–H and O–H groups in total. The van der Waals surface area contributed by atoms with Crippen LogP contribution in [0.25, 0.3) is 22.2 Å². The van der Waals surface area contributed by atoms with Crippen molar-refractivity contribution in [3.05, 3.63) is 60.2 Å². The van der Waals surface area contributed by atoms with Gasteiger partial charge in [0.1, 0.15) is 6.54 Å². The van der Waals surface area contributed by atoms with Crippen LogP contribution in [0.5, 0.6) is 0 Å². The van der Waals surface area contributed by atoms with Crippen molar-refractivity contribution in [3.63, 3.8) is 0 Å². The van der Waals surface area contributed by atoms with Gasteiger partial charge in [-0.1, -0.05) is 30.3 Å². The highest BCUT2D eigenvalue weighted by molar-refractivity contribution is 5.97. The lowest BCUT2D eigenvalue weighted by molar-refractivity contribution is -0.135. The lowest BCUT2D eigenvalue weighted by Crippen LogP contribution is -2.29. The number of carboxylic acid groups (broad SMARTS) is 1. The van der Waals surface area contributed by atoms with Crippen LogP contribution in [0.15, 0.2) is 54.6 Å². The fraction of sp³-hybridized carbons (Fsp3) is 0.346. The van der Waals surface area contributed by atoms with Gasteiger partial charge in [-0.15, -0.1) is 0 Å². The number of pyridine rings is 1. The molecule has 1 aliphatic heterocycles. The molecule has 0 aliphatic carbocycles. The zero-order chi connectivity index (χ0) is 23.0. The molecule has 1 fully saturated rings. The smallest absolute Gasteiger partial charge is 0.322 e. The number of hydrogen-bond donors (Lipinski definition) is 4. The molecule has 0 radical (unpaired) electrons. The van der Waals surface area contributed by atoms with Gasteiger partial charge < -0.3 is 21.1 Å². The van der Waals surface area contributed by atoms with Crippen molar-refractivity contribution in [1.29, 1.82) is 0 Å². The first-order valence-electron chi connectivity index (χ1n) is 11.5. The van der Waals surface area contributed by atoms with Crippen LogP contribution in [-0.2, 0) is 4.79 Å². The Morgan fingerprint density at radius 3 is 2.70 bits per heavy atom. The summed E-state index contributed by atoms with van der Waals surface area (Å²) in [4.78, 5) is 27.6. The summed E-state index contributed by atoms with van der Waals surface area (Å²) in [6.45, 7) is 2.78. The summed E-state index contributed by atoms with van der Waals surface area (Å²) >= 11 is 0. The fourth-order valence-electron chi connectivity index (χ4n) is 4.30. The topological polar surface area (TPSA) is 103 Å². The normalized spacial score (nSPS) is 15.8. The summed E-state index contributed by atoms with van der Waals surface area (Å²) < 4.78 is 0. The summed E-state index contributed by atoms with van der Waals surface area (Å²) in [5.74, 6) is -0.710. The van der Waals surface area contributed by atoms with Crippen LogP contribution in [0.3, 0.4) is 0 Å². The average Bonchev–Trinajstić information content (AvgIpc) is 2.85. The van der Waals surface area contributed by atoms with Gasteiger partial charge in [0, 0.05) is 28.7 Å². The number of nitrogens with zero attached hydrogens (tertiary/aromatic N) is 1. The van der Waals surface area contributed by atoms with E-state index in [1.54, 1.807) is 12.1 Å². The van der Waals surface area contributed by atoms with E-state index in [1.165, 1.54) is 19.3 Å². The number of carboxylic acids is 1. The molecule has 1 amide bonds. The molecule has 1 saturated heterocycles. The predicted octanol–water partition coefficient (Wildman–Crippen LogP) is 3.91. The van der Waals surface area contributed by atoms with Crippen LogP contribution in [-0.4, -0.2) is 48.1 Å². The second kappa shape index (κ2) is 10.9. The number of benzene rings is 2. The number of piperidine rings is 1. The molecule has 2 aromatic carbocycles. The van der Waals surface area contributed by atoms with Crippen LogP contribution in [0.4, 0.5) is 5.69 Å². The Morgan fingerprint density at radius 1 is 1.12 bits per heavy atom. The van der Waals surface area contributed by atoms with Gasteiger partial charge in [-0.2, -0.15) is 0 Å². The summed E-state index contributed by atoms with van der Waals surface area (Å²) in [6, 6.07) is 17.2. The summed E-state index contributed by atoms with van der Waals surface area (Å²) in [5, 5.41) is 19.3. The predicted molar refractivity (Wildman–Crippen MR) is 130 cm³/mol. The largest absolute Gasteiger partial charge is 0.480 e. The number of fused-ring (bicyclic) bond motifs is 1. The molecule has 1 aliphatic rings. The molecule has 1 unspecified atom stereocenters. The van der Waals surface area contributed by atoms with Crippen LogP contribution >= 0.6 is 0 Å². The fourth-order valence-corrected chi connectivity index (χ4v) is 4.30. The molecular weight excluding hydrogens is 416 g/mol. The number of aromatic nitrogens is 1. The van der Waals surface area contributed by atoms with Crippen LogP contribution in [0.2, 0.25) is 0 Å². The Balaban J connectivity index is 1.47. The van der Waals surface area contributed by atoms with Crippen molar-refractivity contribution >= 4 is 28.5 Å². The van der Waals surface area contributed by atoms with E-state index in [1.807, 2.05) is 30.3 Å². The molecule has 172 valence electrons. The molecule has 2 heterocycles. The second-order valence-electron chi connectivity index (χ2n) is 8.51. The van der Waals surface area contributed by atoms with E-state index in [2.05, 4.69) is 28.1 Å². The minimum absolute atomic E-state index is 0.404. The quantitative estimate of drug-likeness (QED) is 0.372. The van der Waals surface area contributed by atoms with Crippen molar-refractivity contribution < 1.29 is 14.7 Å². The van der Waals surface area contributed by atoms with E-state index in [0.717, 1.165) is 59.8 Å². The third-order valence-corrected chi connectivity index (χ3v) is 6.06. The van der Waals surface area contributed by atoms with Crippen molar-refractivity contribution in [2.45, 2.75) is 25.7 Å². The van der Waals surface area contributed by atoms with Gasteiger partial charge in [0.2, 0.25) is 0 Å². The molecular formula is C26H30N4O3. The number of rotatable bonds is 9. The number of carbonyl (C=O) groups is 2. The molecule has 0 spiro atoms. The number of anilines is 1. The highest BCUT2D eigenvalue weighted by Gasteiger charge is 2.13. The van der Waals surface area contributed by atoms with Crippen molar-refractivity contribution in [2.24, 2.45) is 5.92 Å². The van der Waals surface area contributed by atoms with E-state index < -0.39 is 18.4 Å². The average molecular weight is 447 g/mol. The Morgan fingerprint density at radius 2 is 1.94 bits per heavy atom. The number of hydrogen-bond acceptors (Lipinski definition) is 5. The second-order valence-corrected chi connectivity index (χ2v) is 8.51. The SMILES string of the molecule is O=C(O)CNC(=O)c1ccc(-c2cc(NCCCC3CCCNC3)c3ccccc3n2)cc1. The maximum Gasteiger partial charge on any atom is 0.322 e. The first-order chi connectivity index (χ1) is 16.1. The highest BCUT2D eigenvalue weighted by Crippen LogP contribution is 2.29. The van der Waals surface area contributed by atoms with Crippen molar-refractivity contribution in [2.75, 3.05) is 31.5 Å². The minimum Gasteiger partial charge on any atom is -0.480 e. The van der Waals surface area contributed by atoms with Gasteiger partial charge in [0.05, 0.1) is 11.2 Å². The lowest BCUT2D eigenvalue weighted by atomic mass is 9.95. The molecule has 0 bridgehead atoms. The third kappa shape index (κ3) is 6.08. The van der Waals surface area contributed by atoms with Crippen LogP contribution in [0.1, 0.15) is 36.0 Å². The molecule has 7 nitrogen and oxygen atoms in total. The van der Waals surface area contributed by atoms with E-state index in [0.29, 0.717) is 5.56 Å². The maximum absolute atomic E-state index is 12.1. The van der Waals surface area contributed by atoms with E-state index in [4.69, 9.17) is 10.1 Å². The number of para-hydroxylation sites is 1. The zero-order valence-electron chi connectivity index (χ0n) is 18.6. The Bertz CT molecular complexity index is 1110. The maximum atomic E-state index is 12.1. The first kappa shape index (κ1) is 22.7. The first-order valence-corrected chi connectivity index (χ1v) is 11.5. The molecule has 7 heteroatoms. The van der Waals surface area contributed by atoms with Crippen molar-refractivity contribution in [1.82, 2.24) is 15.6 Å². The minimum atomic E-state index is -1.07. The summed E-state index contributed by atoms with van der Waals surface area (Å²) in [7, 11) is 0. The summed E-state index contributed by atoms with van der Waals surface area (Å²) in [5.41, 5.74) is 4.10. The van der Waals surface area contributed by atoms with E-state index in [-0.39, 0.29) is 0 Å². The number of amides is 1. The van der Waals surface area contributed by atoms with Crippen molar-refractivity contribution in [3.8, 4) is 11.3 Å². The van der Waals surface area contributed by atoms with Crippen LogP contribution in [0, 0.1) is 5.92 Å². The zero-order valence-corrected chi connectivity index (χ0v) is 18.6. The standard InChI is InChI=1S/C26H30N4O3/c31-25(32)17-29-26(33)20-11-9-19(10-12-20)23-15-24(21-7-1-2-8-22(21)30-23)28-14-4-6-18-5-3-13-27-16-18/h1-2,7-12,15,18,27H,3-6,13-14,16-17H2,(H,28,30)(H,29,33)(H,31,32). The number of carbonyl (C=O) groups excluding carboxylic acids is 1. The van der Waals surface area contributed by atoms with Gasteiger partial charge in [-0.3, -0.25) is 9.59 Å². The monoisotopic (exact) mass is 446 g/mol. The molecule has 1 aromatic heterocycles. The summed E-state index contributed by atoms with van der Waals surface area (Å²) in [6.07, 6.45) is 4.94. The Labute approximate surface area is 193 Å². The molecule has 0 saturated carbocycles.